The van der Waals surface area contributed by atoms with Crippen LogP contribution in [0.3, 0.4) is 0 Å². The summed E-state index contributed by atoms with van der Waals surface area (Å²) in [6, 6.07) is 3.80. The molecular formula is C13H20O. The third-order valence-electron chi connectivity index (χ3n) is 2.64. The van der Waals surface area contributed by atoms with E-state index in [4.69, 9.17) is 0 Å². The Kier molecular flexibility index (Phi) is 3.20. The van der Waals surface area contributed by atoms with Crippen LogP contribution in [0, 0.1) is 6.92 Å². The van der Waals surface area contributed by atoms with Crippen LogP contribution in [-0.2, 0) is 0 Å². The fourth-order valence-electron chi connectivity index (χ4n) is 2.11. The molecule has 0 amide bonds. The Morgan fingerprint density at radius 3 is 1.79 bits per heavy atom. The highest BCUT2D eigenvalue weighted by atomic mass is 16.3. The van der Waals surface area contributed by atoms with Gasteiger partial charge in [-0.1, -0.05) is 33.8 Å². The van der Waals surface area contributed by atoms with Crippen LogP contribution in [0.5, 0.6) is 5.75 Å². The van der Waals surface area contributed by atoms with Crippen LogP contribution in [0.2, 0.25) is 0 Å². The number of phenolic OH excluding ortho intramolecular Hbond substituents is 1. The Balaban J connectivity index is 3.42. The van der Waals surface area contributed by atoms with Gasteiger partial charge in [0.15, 0.2) is 0 Å². The van der Waals surface area contributed by atoms with Crippen LogP contribution in [0.25, 0.3) is 0 Å². The molecule has 1 nitrogen and oxygen atoms in total. The Hall–Kier alpha value is -0.980. The van der Waals surface area contributed by atoms with Crippen molar-refractivity contribution in [2.24, 2.45) is 0 Å². The van der Waals surface area contributed by atoms with E-state index < -0.39 is 0 Å². The Bertz CT molecular complexity index is 291. The minimum absolute atomic E-state index is 0.382. The minimum Gasteiger partial charge on any atom is -0.508 e. The van der Waals surface area contributed by atoms with E-state index in [1.807, 2.05) is 6.07 Å². The molecule has 14 heavy (non-hydrogen) atoms. The molecular weight excluding hydrogens is 172 g/mol. The van der Waals surface area contributed by atoms with Gasteiger partial charge in [-0.2, -0.15) is 0 Å². The van der Waals surface area contributed by atoms with Gasteiger partial charge in [0.05, 0.1) is 0 Å². The van der Waals surface area contributed by atoms with Crippen molar-refractivity contribution < 1.29 is 5.11 Å². The van der Waals surface area contributed by atoms with Crippen molar-refractivity contribution in [2.45, 2.75) is 46.5 Å². The second-order valence-electron chi connectivity index (χ2n) is 4.54. The summed E-state index contributed by atoms with van der Waals surface area (Å²) in [7, 11) is 0. The van der Waals surface area contributed by atoms with Crippen molar-refractivity contribution in [3.05, 3.63) is 28.8 Å². The summed E-state index contributed by atoms with van der Waals surface area (Å²) in [5.74, 6) is 1.29. The number of hydrogen-bond donors (Lipinski definition) is 1. The zero-order valence-electron chi connectivity index (χ0n) is 9.76. The maximum Gasteiger partial charge on any atom is 0.119 e. The fraction of sp³-hybridized carbons (Fsp3) is 0.538. The number of aryl methyl sites for hydroxylation is 1. The molecule has 0 radical (unpaired) electrons. The van der Waals surface area contributed by atoms with Gasteiger partial charge in [0.25, 0.3) is 0 Å². The lowest BCUT2D eigenvalue weighted by molar-refractivity contribution is 0.462. The van der Waals surface area contributed by atoms with Gasteiger partial charge in [0, 0.05) is 5.56 Å². The van der Waals surface area contributed by atoms with Gasteiger partial charge in [-0.05, 0) is 36.0 Å². The molecule has 78 valence electrons. The summed E-state index contributed by atoms with van der Waals surface area (Å²) in [6.45, 7) is 10.7. The third-order valence-corrected chi connectivity index (χ3v) is 2.64. The van der Waals surface area contributed by atoms with E-state index in [-0.39, 0.29) is 0 Å². The number of aromatic hydroxyl groups is 1. The first-order valence-corrected chi connectivity index (χ1v) is 5.27. The molecule has 0 saturated carbocycles. The summed E-state index contributed by atoms with van der Waals surface area (Å²) >= 11 is 0. The molecule has 0 bridgehead atoms. The molecule has 1 rings (SSSR count). The summed E-state index contributed by atoms with van der Waals surface area (Å²) in [5.41, 5.74) is 3.70. The average Bonchev–Trinajstić information content (AvgIpc) is 2.07. The lowest BCUT2D eigenvalue weighted by Gasteiger charge is -2.19. The average molecular weight is 192 g/mol. The molecule has 1 aromatic rings. The molecule has 0 spiro atoms. The second-order valence-corrected chi connectivity index (χ2v) is 4.54. The molecule has 0 fully saturated rings. The van der Waals surface area contributed by atoms with Crippen molar-refractivity contribution in [2.75, 3.05) is 0 Å². The summed E-state index contributed by atoms with van der Waals surface area (Å²) in [6.07, 6.45) is 0. The van der Waals surface area contributed by atoms with Crippen molar-refractivity contribution in [1.82, 2.24) is 0 Å². The molecule has 0 aliphatic heterocycles. The monoisotopic (exact) mass is 192 g/mol. The third kappa shape index (κ3) is 1.92. The maximum absolute atomic E-state index is 9.84. The van der Waals surface area contributed by atoms with E-state index >= 15 is 0 Å². The van der Waals surface area contributed by atoms with Crippen molar-refractivity contribution in [3.8, 4) is 5.75 Å². The normalized spacial score (nSPS) is 11.4. The molecule has 0 heterocycles. The van der Waals surface area contributed by atoms with Crippen LogP contribution >= 0.6 is 0 Å². The van der Waals surface area contributed by atoms with E-state index in [1.54, 1.807) is 6.07 Å². The predicted molar refractivity (Wildman–Crippen MR) is 61.0 cm³/mol. The van der Waals surface area contributed by atoms with Gasteiger partial charge in [-0.3, -0.25) is 0 Å². The zero-order chi connectivity index (χ0) is 10.9. The van der Waals surface area contributed by atoms with Gasteiger partial charge in [-0.25, -0.2) is 0 Å². The standard InChI is InChI=1S/C13H20O/c1-8(2)12-10(5)6-7-11(14)13(12)9(3)4/h6-9,14H,1-5H3. The van der Waals surface area contributed by atoms with Crippen LogP contribution in [0.4, 0.5) is 0 Å². The van der Waals surface area contributed by atoms with Crippen LogP contribution in [0.15, 0.2) is 12.1 Å². The highest BCUT2D eigenvalue weighted by molar-refractivity contribution is 5.47. The lowest BCUT2D eigenvalue weighted by atomic mass is 9.87. The van der Waals surface area contributed by atoms with E-state index in [9.17, 15) is 5.11 Å². The molecule has 0 aliphatic rings. The highest BCUT2D eigenvalue weighted by Crippen LogP contribution is 2.35. The highest BCUT2D eigenvalue weighted by Gasteiger charge is 2.16. The first kappa shape index (κ1) is 11.1. The molecule has 0 atom stereocenters. The minimum atomic E-state index is 0.382. The topological polar surface area (TPSA) is 20.2 Å². The quantitative estimate of drug-likeness (QED) is 0.752. The molecule has 0 unspecified atom stereocenters. The molecule has 0 saturated heterocycles. The van der Waals surface area contributed by atoms with Gasteiger partial charge >= 0.3 is 0 Å². The van der Waals surface area contributed by atoms with Gasteiger partial charge in [0.2, 0.25) is 0 Å². The van der Waals surface area contributed by atoms with E-state index in [2.05, 4.69) is 34.6 Å². The zero-order valence-corrected chi connectivity index (χ0v) is 9.76. The summed E-state index contributed by atoms with van der Waals surface area (Å²) in [5, 5.41) is 9.84. The summed E-state index contributed by atoms with van der Waals surface area (Å²) < 4.78 is 0. The lowest BCUT2D eigenvalue weighted by Crippen LogP contribution is -2.01. The Labute approximate surface area is 86.8 Å². The van der Waals surface area contributed by atoms with E-state index in [0.717, 1.165) is 5.56 Å². The van der Waals surface area contributed by atoms with Crippen LogP contribution < -0.4 is 0 Å². The number of benzene rings is 1. The smallest absolute Gasteiger partial charge is 0.119 e. The van der Waals surface area contributed by atoms with Gasteiger partial charge in [-0.15, -0.1) is 0 Å². The molecule has 0 aliphatic carbocycles. The Morgan fingerprint density at radius 1 is 0.929 bits per heavy atom. The van der Waals surface area contributed by atoms with Crippen LogP contribution in [0.1, 0.15) is 56.2 Å². The number of phenols is 1. The first-order valence-electron chi connectivity index (χ1n) is 5.27. The summed E-state index contributed by atoms with van der Waals surface area (Å²) in [4.78, 5) is 0. The van der Waals surface area contributed by atoms with Crippen LogP contribution in [-0.4, -0.2) is 5.11 Å². The van der Waals surface area contributed by atoms with Crippen molar-refractivity contribution in [1.29, 1.82) is 0 Å². The van der Waals surface area contributed by atoms with Crippen molar-refractivity contribution >= 4 is 0 Å². The largest absolute Gasteiger partial charge is 0.508 e. The maximum atomic E-state index is 9.84. The first-order chi connectivity index (χ1) is 6.45. The SMILES string of the molecule is Cc1ccc(O)c(C(C)C)c1C(C)C. The fourth-order valence-corrected chi connectivity index (χ4v) is 2.11. The van der Waals surface area contributed by atoms with Crippen molar-refractivity contribution in [3.63, 3.8) is 0 Å². The predicted octanol–water partition coefficient (Wildman–Crippen LogP) is 3.95. The van der Waals surface area contributed by atoms with Gasteiger partial charge in [0.1, 0.15) is 5.75 Å². The Morgan fingerprint density at radius 2 is 1.43 bits per heavy atom. The number of rotatable bonds is 2. The van der Waals surface area contributed by atoms with Gasteiger partial charge < -0.3 is 5.11 Å². The second kappa shape index (κ2) is 4.04. The molecule has 0 aromatic heterocycles. The molecule has 1 aromatic carbocycles. The molecule has 1 N–H and O–H groups in total. The molecule has 1 heteroatoms. The number of hydrogen-bond acceptors (Lipinski definition) is 1. The van der Waals surface area contributed by atoms with E-state index in [1.165, 1.54) is 11.1 Å². The van der Waals surface area contributed by atoms with E-state index in [0.29, 0.717) is 17.6 Å².